The van der Waals surface area contributed by atoms with Crippen molar-refractivity contribution in [2.45, 2.75) is 6.92 Å². The molecule has 2 heterocycles. The van der Waals surface area contributed by atoms with Crippen molar-refractivity contribution < 1.29 is 9.47 Å². The van der Waals surface area contributed by atoms with E-state index in [1.165, 1.54) is 0 Å². The van der Waals surface area contributed by atoms with Crippen molar-refractivity contribution in [2.75, 3.05) is 13.7 Å². The molecular formula is C13H13ClN2O2. The average Bonchev–Trinajstić information content (AvgIpc) is 2.37. The highest BCUT2D eigenvalue weighted by molar-refractivity contribution is 6.30. The van der Waals surface area contributed by atoms with Gasteiger partial charge in [0.05, 0.1) is 19.1 Å². The Labute approximate surface area is 110 Å². The molecular weight excluding hydrogens is 252 g/mol. The fraction of sp³-hybridized carbons (Fsp3) is 0.231. The van der Waals surface area contributed by atoms with Gasteiger partial charge in [-0.15, -0.1) is 0 Å². The van der Waals surface area contributed by atoms with E-state index in [0.29, 0.717) is 23.4 Å². The molecule has 0 aliphatic rings. The van der Waals surface area contributed by atoms with Gasteiger partial charge < -0.3 is 9.47 Å². The summed E-state index contributed by atoms with van der Waals surface area (Å²) in [5.74, 6) is 1.06. The molecule has 0 amide bonds. The van der Waals surface area contributed by atoms with Gasteiger partial charge in [-0.1, -0.05) is 18.2 Å². The molecule has 0 fully saturated rings. The van der Waals surface area contributed by atoms with Gasteiger partial charge >= 0.3 is 0 Å². The van der Waals surface area contributed by atoms with Crippen LogP contribution < -0.4 is 4.74 Å². The van der Waals surface area contributed by atoms with Crippen molar-refractivity contribution in [3.8, 4) is 5.88 Å². The topological polar surface area (TPSA) is 44.2 Å². The van der Waals surface area contributed by atoms with E-state index in [2.05, 4.69) is 16.5 Å². The van der Waals surface area contributed by atoms with E-state index in [1.807, 2.05) is 6.92 Å². The van der Waals surface area contributed by atoms with Gasteiger partial charge in [-0.05, 0) is 13.0 Å². The number of aromatic nitrogens is 2. The van der Waals surface area contributed by atoms with Gasteiger partial charge in [0, 0.05) is 23.3 Å². The molecule has 2 rings (SSSR count). The maximum atomic E-state index is 5.93. The summed E-state index contributed by atoms with van der Waals surface area (Å²) in [4.78, 5) is 8.25. The lowest BCUT2D eigenvalue weighted by Gasteiger charge is -2.11. The molecule has 0 bridgehead atoms. The molecule has 0 atom stereocenters. The zero-order valence-corrected chi connectivity index (χ0v) is 11.0. The van der Waals surface area contributed by atoms with E-state index >= 15 is 0 Å². The summed E-state index contributed by atoms with van der Waals surface area (Å²) in [6.45, 7) is 6.33. The second kappa shape index (κ2) is 5.23. The van der Waals surface area contributed by atoms with Crippen LogP contribution in [0.3, 0.4) is 0 Å². The molecule has 0 saturated carbocycles. The smallest absolute Gasteiger partial charge is 0.222 e. The summed E-state index contributed by atoms with van der Waals surface area (Å²) >= 11 is 5.93. The summed E-state index contributed by atoms with van der Waals surface area (Å²) in [6, 6.07) is 1.75. The highest BCUT2D eigenvalue weighted by atomic mass is 35.5. The number of nitrogens with zero attached hydrogens (tertiary/aromatic N) is 2. The zero-order chi connectivity index (χ0) is 13.1. The summed E-state index contributed by atoms with van der Waals surface area (Å²) in [5, 5.41) is 2.04. The van der Waals surface area contributed by atoms with Crippen LogP contribution in [-0.2, 0) is 4.74 Å². The molecule has 0 aliphatic heterocycles. The van der Waals surface area contributed by atoms with E-state index in [4.69, 9.17) is 21.1 Å². The second-order valence-corrected chi connectivity index (χ2v) is 3.98. The quantitative estimate of drug-likeness (QED) is 0.628. The van der Waals surface area contributed by atoms with Crippen molar-refractivity contribution in [3.63, 3.8) is 0 Å². The van der Waals surface area contributed by atoms with Gasteiger partial charge in [0.1, 0.15) is 10.9 Å². The van der Waals surface area contributed by atoms with Crippen LogP contribution in [0.1, 0.15) is 12.5 Å². The van der Waals surface area contributed by atoms with E-state index in [9.17, 15) is 0 Å². The van der Waals surface area contributed by atoms with Crippen molar-refractivity contribution in [3.05, 3.63) is 35.8 Å². The predicted octanol–water partition coefficient (Wildman–Crippen LogP) is 3.30. The van der Waals surface area contributed by atoms with Crippen LogP contribution >= 0.6 is 11.6 Å². The SMILES string of the molecule is C=C(OCC)c1cnc(OC)c2cnc(Cl)cc12. The molecule has 0 aromatic carbocycles. The highest BCUT2D eigenvalue weighted by Crippen LogP contribution is 2.30. The molecule has 0 spiro atoms. The first-order valence-electron chi connectivity index (χ1n) is 5.47. The van der Waals surface area contributed by atoms with Crippen LogP contribution in [0.2, 0.25) is 5.15 Å². The van der Waals surface area contributed by atoms with E-state index in [-0.39, 0.29) is 0 Å². The third-order valence-electron chi connectivity index (χ3n) is 2.51. The van der Waals surface area contributed by atoms with Gasteiger partial charge in [0.2, 0.25) is 5.88 Å². The summed E-state index contributed by atoms with van der Waals surface area (Å²) in [6.07, 6.45) is 3.29. The minimum Gasteiger partial charge on any atom is -0.494 e. The lowest BCUT2D eigenvalue weighted by molar-refractivity contribution is 0.299. The molecule has 94 valence electrons. The Morgan fingerprint density at radius 2 is 2.11 bits per heavy atom. The van der Waals surface area contributed by atoms with Gasteiger partial charge in [0.25, 0.3) is 0 Å². The number of fused-ring (bicyclic) bond motifs is 1. The standard InChI is InChI=1S/C13H13ClN2O2/c1-4-18-8(2)10-6-16-13(17-3)11-7-15-12(14)5-9(10)11/h5-7H,2,4H2,1,3H3. The summed E-state index contributed by atoms with van der Waals surface area (Å²) in [7, 11) is 1.56. The Morgan fingerprint density at radius 1 is 1.33 bits per heavy atom. The third kappa shape index (κ3) is 2.24. The minimum absolute atomic E-state index is 0.404. The van der Waals surface area contributed by atoms with Crippen molar-refractivity contribution >= 4 is 28.1 Å². The Kier molecular flexibility index (Phi) is 3.67. The van der Waals surface area contributed by atoms with Crippen LogP contribution in [0.15, 0.2) is 25.0 Å². The number of rotatable bonds is 4. The normalized spacial score (nSPS) is 10.4. The van der Waals surface area contributed by atoms with Gasteiger partial charge in [-0.3, -0.25) is 0 Å². The Morgan fingerprint density at radius 3 is 2.78 bits per heavy atom. The van der Waals surface area contributed by atoms with Crippen molar-refractivity contribution in [1.29, 1.82) is 0 Å². The Hall–Kier alpha value is -1.81. The monoisotopic (exact) mass is 264 g/mol. The zero-order valence-electron chi connectivity index (χ0n) is 10.2. The van der Waals surface area contributed by atoms with Crippen LogP contribution in [0, 0.1) is 0 Å². The first kappa shape index (κ1) is 12.6. The van der Waals surface area contributed by atoms with Gasteiger partial charge in [0.15, 0.2) is 0 Å². The maximum absolute atomic E-state index is 5.93. The number of hydrogen-bond acceptors (Lipinski definition) is 4. The summed E-state index contributed by atoms with van der Waals surface area (Å²) < 4.78 is 10.6. The van der Waals surface area contributed by atoms with Crippen LogP contribution in [-0.4, -0.2) is 23.7 Å². The van der Waals surface area contributed by atoms with Crippen LogP contribution in [0.4, 0.5) is 0 Å². The van der Waals surface area contributed by atoms with Crippen molar-refractivity contribution in [1.82, 2.24) is 9.97 Å². The molecule has 2 aromatic rings. The van der Waals surface area contributed by atoms with Crippen LogP contribution in [0.25, 0.3) is 16.5 Å². The number of hydrogen-bond donors (Lipinski definition) is 0. The maximum Gasteiger partial charge on any atom is 0.222 e. The van der Waals surface area contributed by atoms with E-state index in [0.717, 1.165) is 16.3 Å². The molecule has 5 heteroatoms. The molecule has 2 aromatic heterocycles. The molecule has 0 unspecified atom stereocenters. The summed E-state index contributed by atoms with van der Waals surface area (Å²) in [5.41, 5.74) is 0.789. The molecule has 0 radical (unpaired) electrons. The third-order valence-corrected chi connectivity index (χ3v) is 2.72. The lowest BCUT2D eigenvalue weighted by Crippen LogP contribution is -1.96. The second-order valence-electron chi connectivity index (χ2n) is 3.59. The number of pyridine rings is 2. The van der Waals surface area contributed by atoms with Gasteiger partial charge in [-0.2, -0.15) is 0 Å². The first-order valence-corrected chi connectivity index (χ1v) is 5.85. The fourth-order valence-electron chi connectivity index (χ4n) is 1.72. The first-order chi connectivity index (χ1) is 8.67. The number of ether oxygens (including phenoxy) is 2. The lowest BCUT2D eigenvalue weighted by atomic mass is 10.1. The Balaban J connectivity index is 2.68. The number of methoxy groups -OCH3 is 1. The molecule has 18 heavy (non-hydrogen) atoms. The van der Waals surface area contributed by atoms with Crippen molar-refractivity contribution in [2.24, 2.45) is 0 Å². The van der Waals surface area contributed by atoms with Crippen LogP contribution in [0.5, 0.6) is 5.88 Å². The molecule has 0 aliphatic carbocycles. The average molecular weight is 265 g/mol. The minimum atomic E-state index is 0.404. The molecule has 0 N–H and O–H groups in total. The van der Waals surface area contributed by atoms with E-state index in [1.54, 1.807) is 25.6 Å². The largest absolute Gasteiger partial charge is 0.494 e. The molecule has 0 saturated heterocycles. The number of halogens is 1. The molecule has 4 nitrogen and oxygen atoms in total. The van der Waals surface area contributed by atoms with Gasteiger partial charge in [-0.25, -0.2) is 9.97 Å². The Bertz CT molecular complexity index is 599. The van der Waals surface area contributed by atoms with E-state index < -0.39 is 0 Å². The highest BCUT2D eigenvalue weighted by Gasteiger charge is 2.12. The fourth-order valence-corrected chi connectivity index (χ4v) is 1.88. The predicted molar refractivity (Wildman–Crippen MR) is 71.8 cm³/mol.